The van der Waals surface area contributed by atoms with Gasteiger partial charge in [0.1, 0.15) is 11.4 Å². The van der Waals surface area contributed by atoms with E-state index in [9.17, 15) is 5.11 Å². The standard InChI is InChI=1S/C13H12N4O/c1-4-9-5-6-10(11(18)7-9)12-8(2)15-13(14-3)17-16-12/h1,5-7,18H,2-3H3,(H,14,15,17). The largest absolute Gasteiger partial charge is 0.507 e. The lowest BCUT2D eigenvalue weighted by Crippen LogP contribution is -2.02. The molecule has 2 N–H and O–H groups in total. The Labute approximate surface area is 105 Å². The van der Waals surface area contributed by atoms with Gasteiger partial charge in [0.05, 0.1) is 5.69 Å². The summed E-state index contributed by atoms with van der Waals surface area (Å²) in [5.74, 6) is 2.97. The zero-order valence-corrected chi connectivity index (χ0v) is 10.1. The molecule has 1 aromatic heterocycles. The Balaban J connectivity index is 2.52. The topological polar surface area (TPSA) is 70.9 Å². The van der Waals surface area contributed by atoms with Crippen molar-refractivity contribution in [1.29, 1.82) is 0 Å². The van der Waals surface area contributed by atoms with Crippen LogP contribution >= 0.6 is 0 Å². The van der Waals surface area contributed by atoms with Gasteiger partial charge in [0.2, 0.25) is 5.95 Å². The fourth-order valence-electron chi connectivity index (χ4n) is 1.58. The van der Waals surface area contributed by atoms with E-state index in [4.69, 9.17) is 6.42 Å². The second-order valence-electron chi connectivity index (χ2n) is 3.70. The predicted octanol–water partition coefficient (Wildman–Crippen LogP) is 1.58. The Hall–Kier alpha value is -2.61. The lowest BCUT2D eigenvalue weighted by molar-refractivity contribution is 0.477. The molecule has 0 spiro atoms. The number of terminal acetylenes is 1. The molecule has 0 aliphatic heterocycles. The quantitative estimate of drug-likeness (QED) is 0.780. The monoisotopic (exact) mass is 240 g/mol. The van der Waals surface area contributed by atoms with Gasteiger partial charge >= 0.3 is 0 Å². The van der Waals surface area contributed by atoms with Crippen LogP contribution in [0.5, 0.6) is 5.75 Å². The number of benzene rings is 1. The molecule has 5 heteroatoms. The van der Waals surface area contributed by atoms with Gasteiger partial charge in [-0.1, -0.05) is 5.92 Å². The van der Waals surface area contributed by atoms with Crippen LogP contribution < -0.4 is 5.32 Å². The van der Waals surface area contributed by atoms with E-state index in [2.05, 4.69) is 26.4 Å². The third-order valence-electron chi connectivity index (χ3n) is 2.50. The Morgan fingerprint density at radius 2 is 2.11 bits per heavy atom. The zero-order chi connectivity index (χ0) is 13.1. The summed E-state index contributed by atoms with van der Waals surface area (Å²) in [7, 11) is 1.72. The van der Waals surface area contributed by atoms with Crippen LogP contribution in [0.15, 0.2) is 18.2 Å². The number of nitrogens with zero attached hydrogens (tertiary/aromatic N) is 3. The number of hydrogen-bond donors (Lipinski definition) is 2. The van der Waals surface area contributed by atoms with E-state index in [1.807, 2.05) is 0 Å². The SMILES string of the molecule is C#Cc1ccc(-c2nnc(NC)nc2C)c(O)c1. The first kappa shape index (κ1) is 11.9. The van der Waals surface area contributed by atoms with Crippen molar-refractivity contribution in [2.24, 2.45) is 0 Å². The summed E-state index contributed by atoms with van der Waals surface area (Å²) in [4.78, 5) is 4.22. The summed E-state index contributed by atoms with van der Waals surface area (Å²) in [5.41, 5.74) is 2.39. The minimum absolute atomic E-state index is 0.0712. The molecule has 18 heavy (non-hydrogen) atoms. The number of aromatic nitrogens is 3. The molecule has 0 amide bonds. The first-order valence-electron chi connectivity index (χ1n) is 5.34. The van der Waals surface area contributed by atoms with E-state index in [0.29, 0.717) is 28.5 Å². The minimum Gasteiger partial charge on any atom is -0.507 e. The minimum atomic E-state index is 0.0712. The van der Waals surface area contributed by atoms with Gasteiger partial charge in [-0.2, -0.15) is 0 Å². The number of phenols is 1. The van der Waals surface area contributed by atoms with Gasteiger partial charge in [-0.05, 0) is 25.1 Å². The van der Waals surface area contributed by atoms with E-state index in [0.717, 1.165) is 0 Å². The van der Waals surface area contributed by atoms with E-state index < -0.39 is 0 Å². The fourth-order valence-corrected chi connectivity index (χ4v) is 1.58. The van der Waals surface area contributed by atoms with Crippen molar-refractivity contribution in [2.75, 3.05) is 12.4 Å². The van der Waals surface area contributed by atoms with Crippen LogP contribution in [0.3, 0.4) is 0 Å². The van der Waals surface area contributed by atoms with Gasteiger partial charge in [0.25, 0.3) is 0 Å². The van der Waals surface area contributed by atoms with Crippen molar-refractivity contribution in [3.05, 3.63) is 29.5 Å². The first-order chi connectivity index (χ1) is 8.65. The highest BCUT2D eigenvalue weighted by atomic mass is 16.3. The van der Waals surface area contributed by atoms with Gasteiger partial charge in [0.15, 0.2) is 0 Å². The maximum atomic E-state index is 9.92. The highest BCUT2D eigenvalue weighted by molar-refractivity contribution is 5.69. The molecule has 90 valence electrons. The van der Waals surface area contributed by atoms with Crippen molar-refractivity contribution in [1.82, 2.24) is 15.2 Å². The number of aryl methyl sites for hydroxylation is 1. The number of rotatable bonds is 2. The molecule has 0 saturated heterocycles. The lowest BCUT2D eigenvalue weighted by atomic mass is 10.1. The molecule has 5 nitrogen and oxygen atoms in total. The molecular formula is C13H12N4O. The molecule has 1 aromatic carbocycles. The third-order valence-corrected chi connectivity index (χ3v) is 2.50. The normalized spacial score (nSPS) is 9.83. The molecule has 2 rings (SSSR count). The number of aromatic hydroxyl groups is 1. The summed E-state index contributed by atoms with van der Waals surface area (Å²) < 4.78 is 0. The van der Waals surface area contributed by atoms with E-state index >= 15 is 0 Å². The molecule has 0 bridgehead atoms. The number of hydrogen-bond acceptors (Lipinski definition) is 5. The highest BCUT2D eigenvalue weighted by Gasteiger charge is 2.11. The summed E-state index contributed by atoms with van der Waals surface area (Å²) in [6.45, 7) is 1.80. The second-order valence-corrected chi connectivity index (χ2v) is 3.70. The van der Waals surface area contributed by atoms with Crippen LogP contribution in [0.25, 0.3) is 11.3 Å². The van der Waals surface area contributed by atoms with Crippen LogP contribution in [0, 0.1) is 19.3 Å². The molecule has 0 aliphatic carbocycles. The zero-order valence-electron chi connectivity index (χ0n) is 10.1. The molecule has 2 aromatic rings. The van der Waals surface area contributed by atoms with Crippen molar-refractivity contribution in [3.63, 3.8) is 0 Å². The molecule has 0 unspecified atom stereocenters. The van der Waals surface area contributed by atoms with Gasteiger partial charge in [-0.3, -0.25) is 0 Å². The maximum absolute atomic E-state index is 9.92. The van der Waals surface area contributed by atoms with E-state index in [1.54, 1.807) is 26.1 Å². The first-order valence-corrected chi connectivity index (χ1v) is 5.34. The Kier molecular flexibility index (Phi) is 3.11. The molecular weight excluding hydrogens is 228 g/mol. The fraction of sp³-hybridized carbons (Fsp3) is 0.154. The van der Waals surface area contributed by atoms with Crippen LogP contribution in [0.2, 0.25) is 0 Å². The average molecular weight is 240 g/mol. The van der Waals surface area contributed by atoms with Crippen LogP contribution in [0.4, 0.5) is 5.95 Å². The summed E-state index contributed by atoms with van der Waals surface area (Å²) in [6.07, 6.45) is 5.27. The molecule has 1 heterocycles. The number of anilines is 1. The third kappa shape index (κ3) is 2.09. The summed E-state index contributed by atoms with van der Waals surface area (Å²) >= 11 is 0. The van der Waals surface area contributed by atoms with Gasteiger partial charge in [0, 0.05) is 18.2 Å². The number of nitrogens with one attached hydrogen (secondary N) is 1. The highest BCUT2D eigenvalue weighted by Crippen LogP contribution is 2.29. The van der Waals surface area contributed by atoms with Crippen molar-refractivity contribution in [2.45, 2.75) is 6.92 Å². The molecule has 0 radical (unpaired) electrons. The molecule has 0 fully saturated rings. The summed E-state index contributed by atoms with van der Waals surface area (Å²) in [5, 5.41) is 20.7. The van der Waals surface area contributed by atoms with E-state index in [1.165, 1.54) is 6.07 Å². The van der Waals surface area contributed by atoms with E-state index in [-0.39, 0.29) is 5.75 Å². The van der Waals surface area contributed by atoms with Crippen LogP contribution in [0.1, 0.15) is 11.3 Å². The smallest absolute Gasteiger partial charge is 0.242 e. The van der Waals surface area contributed by atoms with Crippen molar-refractivity contribution in [3.8, 4) is 29.4 Å². The Morgan fingerprint density at radius 1 is 1.33 bits per heavy atom. The van der Waals surface area contributed by atoms with Gasteiger partial charge < -0.3 is 10.4 Å². The van der Waals surface area contributed by atoms with Crippen molar-refractivity contribution < 1.29 is 5.11 Å². The Morgan fingerprint density at radius 3 is 2.67 bits per heavy atom. The average Bonchev–Trinajstić information content (AvgIpc) is 2.39. The molecule has 0 atom stereocenters. The molecule has 0 aliphatic rings. The number of phenolic OH excluding ortho intramolecular Hbond substituents is 1. The van der Waals surface area contributed by atoms with Crippen LogP contribution in [-0.4, -0.2) is 27.3 Å². The van der Waals surface area contributed by atoms with Crippen LogP contribution in [-0.2, 0) is 0 Å². The predicted molar refractivity (Wildman–Crippen MR) is 69.1 cm³/mol. The molecule has 0 saturated carbocycles. The Bertz CT molecular complexity index is 631. The second kappa shape index (κ2) is 4.72. The maximum Gasteiger partial charge on any atom is 0.242 e. The van der Waals surface area contributed by atoms with Gasteiger partial charge in [-0.25, -0.2) is 4.98 Å². The van der Waals surface area contributed by atoms with Crippen molar-refractivity contribution >= 4 is 5.95 Å². The van der Waals surface area contributed by atoms with Gasteiger partial charge in [-0.15, -0.1) is 16.6 Å². The summed E-state index contributed by atoms with van der Waals surface area (Å²) in [6, 6.07) is 4.97. The lowest BCUT2D eigenvalue weighted by Gasteiger charge is -2.07.